The predicted octanol–water partition coefficient (Wildman–Crippen LogP) is 1.47. The summed E-state index contributed by atoms with van der Waals surface area (Å²) in [5.74, 6) is -1.64. The van der Waals surface area contributed by atoms with E-state index in [1.165, 1.54) is 6.21 Å². The van der Waals surface area contributed by atoms with Crippen molar-refractivity contribution in [2.24, 2.45) is 10.9 Å². The maximum atomic E-state index is 11.9. The highest BCUT2D eigenvalue weighted by Gasteiger charge is 2.24. The van der Waals surface area contributed by atoms with Crippen molar-refractivity contribution in [2.45, 2.75) is 0 Å². The molecule has 0 saturated carbocycles. The number of nitrogens with zero attached hydrogens (tertiary/aromatic N) is 2. The minimum atomic E-state index is -0.835. The number of aliphatic imine (C=N–C) groups is 1. The number of dihydropyridines is 1. The van der Waals surface area contributed by atoms with Gasteiger partial charge in [-0.2, -0.15) is 0 Å². The molecule has 19 heavy (non-hydrogen) atoms. The number of benzene rings is 1. The van der Waals surface area contributed by atoms with Gasteiger partial charge in [0.1, 0.15) is 5.92 Å². The average molecular weight is 257 g/mol. The van der Waals surface area contributed by atoms with Crippen molar-refractivity contribution in [3.05, 3.63) is 36.4 Å². The van der Waals surface area contributed by atoms with Gasteiger partial charge in [-0.15, -0.1) is 0 Å². The lowest BCUT2D eigenvalue weighted by Crippen LogP contribution is -2.28. The van der Waals surface area contributed by atoms with Gasteiger partial charge in [0, 0.05) is 31.7 Å². The second-order valence-corrected chi connectivity index (χ2v) is 4.41. The van der Waals surface area contributed by atoms with Gasteiger partial charge >= 0.3 is 0 Å². The van der Waals surface area contributed by atoms with E-state index in [0.29, 0.717) is 5.69 Å². The van der Waals surface area contributed by atoms with Crippen LogP contribution in [0.3, 0.4) is 0 Å². The van der Waals surface area contributed by atoms with Crippen molar-refractivity contribution in [1.82, 2.24) is 0 Å². The quantitative estimate of drug-likeness (QED) is 0.834. The first-order chi connectivity index (χ1) is 9.08. The van der Waals surface area contributed by atoms with Crippen molar-refractivity contribution in [3.8, 4) is 0 Å². The summed E-state index contributed by atoms with van der Waals surface area (Å²) in [6.07, 6.45) is 4.53. The fourth-order valence-corrected chi connectivity index (χ4v) is 1.70. The molecule has 1 aromatic rings. The highest BCUT2D eigenvalue weighted by Crippen LogP contribution is 2.17. The largest absolute Gasteiger partial charge is 0.378 e. The summed E-state index contributed by atoms with van der Waals surface area (Å²) in [7, 11) is 3.88. The van der Waals surface area contributed by atoms with Crippen LogP contribution < -0.4 is 10.2 Å². The van der Waals surface area contributed by atoms with Gasteiger partial charge in [-0.3, -0.25) is 9.59 Å². The minimum Gasteiger partial charge on any atom is -0.378 e. The molecule has 1 aliphatic rings. The molecule has 1 atom stereocenters. The third-order valence-electron chi connectivity index (χ3n) is 2.79. The van der Waals surface area contributed by atoms with E-state index in [9.17, 15) is 9.59 Å². The Bertz CT molecular complexity index is 544. The second kappa shape index (κ2) is 5.48. The molecule has 0 aromatic heterocycles. The number of hydrogen-bond donors (Lipinski definition) is 1. The lowest BCUT2D eigenvalue weighted by Gasteiger charge is -2.14. The molecular weight excluding hydrogens is 242 g/mol. The number of carbonyl (C=O) groups is 2. The van der Waals surface area contributed by atoms with Gasteiger partial charge in [-0.25, -0.2) is 4.99 Å². The van der Waals surface area contributed by atoms with E-state index < -0.39 is 11.8 Å². The first kappa shape index (κ1) is 13.0. The van der Waals surface area contributed by atoms with Crippen LogP contribution in [0.25, 0.3) is 0 Å². The Morgan fingerprint density at radius 1 is 1.26 bits per heavy atom. The smallest absolute Gasteiger partial charge is 0.262 e. The number of allylic oxidation sites excluding steroid dienone is 1. The Balaban J connectivity index is 2.05. The number of nitrogens with one attached hydrogen (secondary N) is 1. The number of hydrogen-bond acceptors (Lipinski definition) is 3. The van der Waals surface area contributed by atoms with E-state index >= 15 is 0 Å². The molecule has 98 valence electrons. The molecular formula is C14H15N3O2. The van der Waals surface area contributed by atoms with Crippen LogP contribution >= 0.6 is 0 Å². The molecule has 1 aliphatic heterocycles. The van der Waals surface area contributed by atoms with Crippen molar-refractivity contribution >= 4 is 29.4 Å². The van der Waals surface area contributed by atoms with Gasteiger partial charge in [-0.05, 0) is 30.3 Å². The fourth-order valence-electron chi connectivity index (χ4n) is 1.70. The first-order valence-electron chi connectivity index (χ1n) is 5.91. The highest BCUT2D eigenvalue weighted by atomic mass is 16.2. The van der Waals surface area contributed by atoms with Crippen molar-refractivity contribution < 1.29 is 9.59 Å². The van der Waals surface area contributed by atoms with E-state index in [0.717, 1.165) is 5.69 Å². The molecule has 0 saturated heterocycles. The van der Waals surface area contributed by atoms with Crippen LogP contribution in [0, 0.1) is 5.92 Å². The lowest BCUT2D eigenvalue weighted by molar-refractivity contribution is -0.128. The summed E-state index contributed by atoms with van der Waals surface area (Å²) >= 11 is 0. The Labute approximate surface area is 111 Å². The Kier molecular flexibility index (Phi) is 3.75. The van der Waals surface area contributed by atoms with E-state index in [4.69, 9.17) is 0 Å². The van der Waals surface area contributed by atoms with Crippen LogP contribution in [0.5, 0.6) is 0 Å². The van der Waals surface area contributed by atoms with Crippen LogP contribution in [0.15, 0.2) is 41.4 Å². The summed E-state index contributed by atoms with van der Waals surface area (Å²) in [6.45, 7) is 0. The van der Waals surface area contributed by atoms with E-state index in [1.54, 1.807) is 24.3 Å². The molecule has 5 nitrogen and oxygen atoms in total. The molecule has 1 aromatic carbocycles. The number of carbonyl (C=O) groups excluding carboxylic acids is 2. The zero-order chi connectivity index (χ0) is 13.8. The standard InChI is InChI=1S/C14H15N3O2/c1-17(2)11-7-5-10(6-8-11)16-14(19)12-4-3-9-15-13(12)18/h3-9,12H,1-2H3,(H,16,19)/t12-/m0/s1. The third-order valence-corrected chi connectivity index (χ3v) is 2.79. The summed E-state index contributed by atoms with van der Waals surface area (Å²) in [4.78, 5) is 28.9. The summed E-state index contributed by atoms with van der Waals surface area (Å²) in [6, 6.07) is 7.39. The normalized spacial score (nSPS) is 17.4. The molecule has 0 aliphatic carbocycles. The lowest BCUT2D eigenvalue weighted by atomic mass is 10.1. The average Bonchev–Trinajstić information content (AvgIpc) is 2.39. The summed E-state index contributed by atoms with van der Waals surface area (Å²) < 4.78 is 0. The molecule has 0 unspecified atom stereocenters. The Hall–Kier alpha value is -2.43. The molecule has 1 heterocycles. The molecule has 2 amide bonds. The first-order valence-corrected chi connectivity index (χ1v) is 5.91. The Morgan fingerprint density at radius 3 is 2.53 bits per heavy atom. The minimum absolute atomic E-state index is 0.365. The summed E-state index contributed by atoms with van der Waals surface area (Å²) in [5, 5.41) is 2.70. The number of rotatable bonds is 3. The monoisotopic (exact) mass is 257 g/mol. The number of amides is 2. The molecule has 0 spiro atoms. The second-order valence-electron chi connectivity index (χ2n) is 4.41. The van der Waals surface area contributed by atoms with Crippen LogP contribution in [0.2, 0.25) is 0 Å². The fraction of sp³-hybridized carbons (Fsp3) is 0.214. The summed E-state index contributed by atoms with van der Waals surface area (Å²) in [5.41, 5.74) is 1.70. The Morgan fingerprint density at radius 2 is 1.95 bits per heavy atom. The molecule has 0 radical (unpaired) electrons. The van der Waals surface area contributed by atoms with Crippen LogP contribution in [0.1, 0.15) is 0 Å². The van der Waals surface area contributed by atoms with Gasteiger partial charge in [0.05, 0.1) is 0 Å². The van der Waals surface area contributed by atoms with Gasteiger partial charge in [-0.1, -0.05) is 6.08 Å². The molecule has 1 N–H and O–H groups in total. The maximum Gasteiger partial charge on any atom is 0.262 e. The number of anilines is 2. The van der Waals surface area contributed by atoms with Gasteiger partial charge in [0.2, 0.25) is 5.91 Å². The van der Waals surface area contributed by atoms with Crippen molar-refractivity contribution in [1.29, 1.82) is 0 Å². The topological polar surface area (TPSA) is 61.8 Å². The van der Waals surface area contributed by atoms with Gasteiger partial charge in [0.15, 0.2) is 0 Å². The van der Waals surface area contributed by atoms with Gasteiger partial charge < -0.3 is 10.2 Å². The van der Waals surface area contributed by atoms with Crippen molar-refractivity contribution in [3.63, 3.8) is 0 Å². The highest BCUT2D eigenvalue weighted by molar-refractivity contribution is 6.11. The molecule has 2 rings (SSSR count). The molecule has 5 heteroatoms. The van der Waals surface area contributed by atoms with E-state index in [-0.39, 0.29) is 5.91 Å². The predicted molar refractivity (Wildman–Crippen MR) is 75.5 cm³/mol. The van der Waals surface area contributed by atoms with Gasteiger partial charge in [0.25, 0.3) is 5.91 Å². The van der Waals surface area contributed by atoms with Crippen LogP contribution in [-0.4, -0.2) is 32.1 Å². The van der Waals surface area contributed by atoms with E-state index in [1.807, 2.05) is 31.1 Å². The molecule has 0 fully saturated rings. The van der Waals surface area contributed by atoms with Crippen molar-refractivity contribution in [2.75, 3.05) is 24.3 Å². The SMILES string of the molecule is CN(C)c1ccc(NC(=O)[C@H]2C=CC=NC2=O)cc1. The van der Waals surface area contributed by atoms with Crippen LogP contribution in [0.4, 0.5) is 11.4 Å². The van der Waals surface area contributed by atoms with Crippen LogP contribution in [-0.2, 0) is 9.59 Å². The molecule has 0 bridgehead atoms. The van der Waals surface area contributed by atoms with E-state index in [2.05, 4.69) is 10.3 Å². The maximum absolute atomic E-state index is 11.9. The zero-order valence-corrected chi connectivity index (χ0v) is 10.8. The third kappa shape index (κ3) is 3.07. The zero-order valence-electron chi connectivity index (χ0n) is 10.8.